The van der Waals surface area contributed by atoms with E-state index in [0.29, 0.717) is 25.5 Å². The summed E-state index contributed by atoms with van der Waals surface area (Å²) in [5.74, 6) is 0.739. The van der Waals surface area contributed by atoms with Crippen molar-refractivity contribution in [3.8, 4) is 0 Å². The number of carbonyl (C=O) groups is 1. The molecule has 0 bridgehead atoms. The summed E-state index contributed by atoms with van der Waals surface area (Å²) in [7, 11) is 0. The lowest BCUT2D eigenvalue weighted by Gasteiger charge is -2.40. The van der Waals surface area contributed by atoms with Crippen molar-refractivity contribution in [1.82, 2.24) is 19.7 Å². The van der Waals surface area contributed by atoms with E-state index >= 15 is 0 Å². The highest BCUT2D eigenvalue weighted by Crippen LogP contribution is 2.35. The number of amides is 1. The largest absolute Gasteiger partial charge is 0.351 e. The van der Waals surface area contributed by atoms with Gasteiger partial charge >= 0.3 is 0 Å². The van der Waals surface area contributed by atoms with Crippen LogP contribution < -0.4 is 5.32 Å². The highest BCUT2D eigenvalue weighted by molar-refractivity contribution is 7.10. The Bertz CT molecular complexity index is 828. The number of piperidine rings is 1. The summed E-state index contributed by atoms with van der Waals surface area (Å²) < 4.78 is 28.2. The Morgan fingerprint density at radius 1 is 1.33 bits per heavy atom. The van der Waals surface area contributed by atoms with Crippen LogP contribution in [0.25, 0.3) is 0 Å². The average Bonchev–Trinajstić information content (AvgIpc) is 3.27. The zero-order chi connectivity index (χ0) is 19.1. The predicted molar refractivity (Wildman–Crippen MR) is 99.5 cm³/mol. The maximum absolute atomic E-state index is 13.4. The normalized spacial score (nSPS) is 23.4. The molecule has 2 aromatic rings. The van der Waals surface area contributed by atoms with Gasteiger partial charge in [-0.15, -0.1) is 11.3 Å². The van der Waals surface area contributed by atoms with Crippen molar-refractivity contribution in [2.24, 2.45) is 5.92 Å². The van der Waals surface area contributed by atoms with E-state index in [1.807, 2.05) is 24.1 Å². The molecule has 146 valence electrons. The summed E-state index contributed by atoms with van der Waals surface area (Å²) in [6.07, 6.45) is 0.773. The second-order valence-electron chi connectivity index (χ2n) is 7.38. The molecule has 0 spiro atoms. The number of anilines is 1. The van der Waals surface area contributed by atoms with Gasteiger partial charge in [0.05, 0.1) is 5.56 Å². The number of nitrogens with zero attached hydrogens (tertiary/aromatic N) is 4. The van der Waals surface area contributed by atoms with E-state index in [9.17, 15) is 13.6 Å². The summed E-state index contributed by atoms with van der Waals surface area (Å²) in [5.41, 5.74) is 1.85. The molecule has 2 aliphatic rings. The van der Waals surface area contributed by atoms with Crippen LogP contribution in [-0.4, -0.2) is 51.1 Å². The van der Waals surface area contributed by atoms with Gasteiger partial charge in [0.1, 0.15) is 12.4 Å². The Morgan fingerprint density at radius 2 is 2.07 bits per heavy atom. The van der Waals surface area contributed by atoms with Crippen LogP contribution in [0.2, 0.25) is 0 Å². The van der Waals surface area contributed by atoms with E-state index in [1.165, 1.54) is 15.9 Å². The zero-order valence-electron chi connectivity index (χ0n) is 15.4. The number of likely N-dealkylation sites (tertiary alicyclic amines) is 1. The van der Waals surface area contributed by atoms with Crippen molar-refractivity contribution in [3.63, 3.8) is 0 Å². The van der Waals surface area contributed by atoms with E-state index in [2.05, 4.69) is 15.4 Å². The maximum Gasteiger partial charge on any atom is 0.260 e. The van der Waals surface area contributed by atoms with E-state index in [4.69, 9.17) is 0 Å². The summed E-state index contributed by atoms with van der Waals surface area (Å²) in [6, 6.07) is -1.01. The first-order valence-corrected chi connectivity index (χ1v) is 10.1. The number of halogens is 2. The Morgan fingerprint density at radius 3 is 2.70 bits per heavy atom. The number of hydrogen-bond donors (Lipinski definition) is 1. The molecule has 0 aliphatic carbocycles. The molecule has 4 rings (SSSR count). The van der Waals surface area contributed by atoms with Crippen molar-refractivity contribution >= 4 is 23.2 Å². The van der Waals surface area contributed by atoms with E-state index in [1.54, 1.807) is 11.3 Å². The molecule has 1 amide bonds. The van der Waals surface area contributed by atoms with Crippen molar-refractivity contribution in [3.05, 3.63) is 27.7 Å². The molecule has 2 aliphatic heterocycles. The lowest BCUT2D eigenvalue weighted by atomic mass is 9.85. The van der Waals surface area contributed by atoms with Crippen molar-refractivity contribution < 1.29 is 13.6 Å². The van der Waals surface area contributed by atoms with Gasteiger partial charge in [-0.05, 0) is 44.6 Å². The van der Waals surface area contributed by atoms with Gasteiger partial charge in [0.2, 0.25) is 5.95 Å². The van der Waals surface area contributed by atoms with Gasteiger partial charge in [-0.1, -0.05) is 0 Å². The van der Waals surface area contributed by atoms with Gasteiger partial charge in [0, 0.05) is 29.4 Å². The SMILES string of the molecule is Cc1scc(C(=O)N2CCC([C@@H]3C[C@H](C(F)F)n4ncnc4N3)CC2)c1C. The zero-order valence-corrected chi connectivity index (χ0v) is 16.2. The van der Waals surface area contributed by atoms with Crippen LogP contribution in [0.4, 0.5) is 14.7 Å². The quantitative estimate of drug-likeness (QED) is 0.864. The molecule has 0 aromatic carbocycles. The van der Waals surface area contributed by atoms with Crippen LogP contribution in [0.5, 0.6) is 0 Å². The Hall–Kier alpha value is -2.03. The molecule has 0 radical (unpaired) electrons. The fourth-order valence-corrected chi connectivity index (χ4v) is 4.96. The van der Waals surface area contributed by atoms with Crippen LogP contribution in [0.1, 0.15) is 46.1 Å². The number of nitrogens with one attached hydrogen (secondary N) is 1. The highest BCUT2D eigenvalue weighted by atomic mass is 32.1. The highest BCUT2D eigenvalue weighted by Gasteiger charge is 2.38. The molecule has 2 aromatic heterocycles. The average molecular weight is 395 g/mol. The number of alkyl halides is 2. The second-order valence-corrected chi connectivity index (χ2v) is 8.46. The minimum Gasteiger partial charge on any atom is -0.351 e. The van der Waals surface area contributed by atoms with Crippen LogP contribution in [0.3, 0.4) is 0 Å². The standard InChI is InChI=1S/C18H23F2N5OS/c1-10-11(2)27-8-13(10)17(26)24-5-3-12(4-6-24)14-7-15(16(19)20)25-18(23-14)21-9-22-25/h8-9,12,14-16H,3-7H2,1-2H3,(H,21,22,23)/t14-,15+/m0/s1. The Balaban J connectivity index is 1.41. The van der Waals surface area contributed by atoms with Crippen LogP contribution >= 0.6 is 11.3 Å². The van der Waals surface area contributed by atoms with Crippen LogP contribution in [-0.2, 0) is 0 Å². The molecular weight excluding hydrogens is 372 g/mol. The molecule has 27 heavy (non-hydrogen) atoms. The predicted octanol–water partition coefficient (Wildman–Crippen LogP) is 3.50. The lowest BCUT2D eigenvalue weighted by Crippen LogP contribution is -2.46. The van der Waals surface area contributed by atoms with Crippen LogP contribution in [0, 0.1) is 19.8 Å². The first-order valence-electron chi connectivity index (χ1n) is 9.24. The molecule has 4 heterocycles. The summed E-state index contributed by atoms with van der Waals surface area (Å²) in [6.45, 7) is 5.32. The topological polar surface area (TPSA) is 63.1 Å². The van der Waals surface area contributed by atoms with Gasteiger partial charge in [-0.25, -0.2) is 13.5 Å². The van der Waals surface area contributed by atoms with Gasteiger partial charge in [-0.2, -0.15) is 10.1 Å². The van der Waals surface area contributed by atoms with E-state index in [0.717, 1.165) is 24.0 Å². The molecule has 2 atom stereocenters. The minimum absolute atomic E-state index is 0.0666. The second kappa shape index (κ2) is 7.18. The van der Waals surface area contributed by atoms with Crippen LogP contribution in [0.15, 0.2) is 11.7 Å². The fourth-order valence-electron chi connectivity index (χ4n) is 4.10. The third kappa shape index (κ3) is 3.33. The molecule has 6 nitrogen and oxygen atoms in total. The Kier molecular flexibility index (Phi) is 4.88. The summed E-state index contributed by atoms with van der Waals surface area (Å²) >= 11 is 1.60. The molecule has 1 fully saturated rings. The lowest BCUT2D eigenvalue weighted by molar-refractivity contribution is 0.0537. The molecule has 1 N–H and O–H groups in total. The summed E-state index contributed by atoms with van der Waals surface area (Å²) in [4.78, 5) is 19.9. The number of rotatable bonds is 3. The molecule has 1 saturated heterocycles. The Labute approximate surface area is 160 Å². The number of carbonyl (C=O) groups excluding carboxylic acids is 1. The number of fused-ring (bicyclic) bond motifs is 1. The van der Waals surface area contributed by atoms with Gasteiger partial charge in [-0.3, -0.25) is 4.79 Å². The van der Waals surface area contributed by atoms with Gasteiger partial charge in [0.25, 0.3) is 12.3 Å². The first kappa shape index (κ1) is 18.3. The van der Waals surface area contributed by atoms with Gasteiger partial charge < -0.3 is 10.2 Å². The molecule has 9 heteroatoms. The van der Waals surface area contributed by atoms with Crippen molar-refractivity contribution in [2.45, 2.75) is 51.6 Å². The monoisotopic (exact) mass is 395 g/mol. The van der Waals surface area contributed by atoms with Crippen molar-refractivity contribution in [2.75, 3.05) is 18.4 Å². The molecule has 0 unspecified atom stereocenters. The number of aromatic nitrogens is 3. The van der Waals surface area contributed by atoms with E-state index in [-0.39, 0.29) is 17.9 Å². The maximum atomic E-state index is 13.4. The minimum atomic E-state index is -2.47. The van der Waals surface area contributed by atoms with Crippen molar-refractivity contribution in [1.29, 1.82) is 0 Å². The number of hydrogen-bond acceptors (Lipinski definition) is 5. The third-order valence-corrected chi connectivity index (χ3v) is 6.91. The number of aryl methyl sites for hydroxylation is 1. The summed E-state index contributed by atoms with van der Waals surface area (Å²) in [5, 5.41) is 9.14. The first-order chi connectivity index (χ1) is 13.0. The fraction of sp³-hybridized carbons (Fsp3) is 0.611. The smallest absolute Gasteiger partial charge is 0.260 e. The number of thiophene rings is 1. The molecule has 0 saturated carbocycles. The third-order valence-electron chi connectivity index (χ3n) is 5.90. The van der Waals surface area contributed by atoms with Gasteiger partial charge in [0.15, 0.2) is 0 Å². The molecular formula is C18H23F2N5OS. The van der Waals surface area contributed by atoms with E-state index < -0.39 is 12.5 Å².